The topological polar surface area (TPSA) is 65.5 Å². The minimum absolute atomic E-state index is 0.209. The van der Waals surface area contributed by atoms with Crippen molar-refractivity contribution in [1.29, 1.82) is 0 Å². The molecule has 0 bridgehead atoms. The van der Waals surface area contributed by atoms with Gasteiger partial charge in [0.05, 0.1) is 18.9 Å². The standard InChI is InChI=1S/C13H17NO4/c1-4-17-12(15)10(13(16)18-5-2)11-9(3)7-6-8-14-11/h6-8,10H,4-5H2,1-3H3. The summed E-state index contributed by atoms with van der Waals surface area (Å²) >= 11 is 0. The second kappa shape index (κ2) is 6.74. The lowest BCUT2D eigenvalue weighted by molar-refractivity contribution is -0.157. The van der Waals surface area contributed by atoms with E-state index in [0.717, 1.165) is 5.56 Å². The summed E-state index contributed by atoms with van der Waals surface area (Å²) in [7, 11) is 0. The zero-order valence-electron chi connectivity index (χ0n) is 10.8. The van der Waals surface area contributed by atoms with E-state index in [2.05, 4.69) is 4.98 Å². The Kier molecular flexibility index (Phi) is 5.30. The first-order chi connectivity index (χ1) is 8.61. The third kappa shape index (κ3) is 3.29. The zero-order valence-corrected chi connectivity index (χ0v) is 10.8. The first kappa shape index (κ1) is 14.2. The molecule has 0 aromatic carbocycles. The van der Waals surface area contributed by atoms with Crippen LogP contribution in [0.2, 0.25) is 0 Å². The molecular weight excluding hydrogens is 234 g/mol. The summed E-state index contributed by atoms with van der Waals surface area (Å²) < 4.78 is 9.80. The van der Waals surface area contributed by atoms with Crippen LogP contribution in [0.1, 0.15) is 31.0 Å². The van der Waals surface area contributed by atoms with Crippen LogP contribution in [-0.4, -0.2) is 30.1 Å². The van der Waals surface area contributed by atoms with Crippen molar-refractivity contribution in [2.75, 3.05) is 13.2 Å². The number of hydrogen-bond acceptors (Lipinski definition) is 5. The predicted molar refractivity (Wildman–Crippen MR) is 65.0 cm³/mol. The van der Waals surface area contributed by atoms with Gasteiger partial charge in [-0.1, -0.05) is 6.07 Å². The largest absolute Gasteiger partial charge is 0.465 e. The highest BCUT2D eigenvalue weighted by atomic mass is 16.6. The van der Waals surface area contributed by atoms with Crippen LogP contribution in [0, 0.1) is 6.92 Å². The van der Waals surface area contributed by atoms with E-state index in [1.807, 2.05) is 0 Å². The summed E-state index contributed by atoms with van der Waals surface area (Å²) in [5.74, 6) is -2.36. The molecule has 0 aliphatic carbocycles. The van der Waals surface area contributed by atoms with Gasteiger partial charge in [-0.15, -0.1) is 0 Å². The Labute approximate surface area is 106 Å². The van der Waals surface area contributed by atoms with Gasteiger partial charge in [0, 0.05) is 6.20 Å². The van der Waals surface area contributed by atoms with Crippen LogP contribution in [0.25, 0.3) is 0 Å². The molecule has 18 heavy (non-hydrogen) atoms. The molecule has 0 unspecified atom stereocenters. The zero-order chi connectivity index (χ0) is 13.5. The monoisotopic (exact) mass is 251 g/mol. The lowest BCUT2D eigenvalue weighted by Crippen LogP contribution is -2.27. The van der Waals surface area contributed by atoms with Crippen LogP contribution in [0.15, 0.2) is 18.3 Å². The molecule has 0 fully saturated rings. The number of carbonyl (C=O) groups excluding carboxylic acids is 2. The van der Waals surface area contributed by atoms with Crippen molar-refractivity contribution in [1.82, 2.24) is 4.98 Å². The fourth-order valence-corrected chi connectivity index (χ4v) is 1.57. The molecule has 0 saturated carbocycles. The molecular formula is C13H17NO4. The maximum absolute atomic E-state index is 11.8. The lowest BCUT2D eigenvalue weighted by Gasteiger charge is -2.15. The van der Waals surface area contributed by atoms with Crippen LogP contribution in [0.5, 0.6) is 0 Å². The van der Waals surface area contributed by atoms with Gasteiger partial charge in [-0.3, -0.25) is 14.6 Å². The summed E-state index contributed by atoms with van der Waals surface area (Å²) in [6, 6.07) is 3.53. The average molecular weight is 251 g/mol. The normalized spacial score (nSPS) is 10.2. The third-order valence-corrected chi connectivity index (χ3v) is 2.37. The molecule has 0 saturated heterocycles. The molecule has 1 aromatic heterocycles. The van der Waals surface area contributed by atoms with Gasteiger partial charge in [0.15, 0.2) is 5.92 Å². The molecule has 0 spiro atoms. The molecule has 98 valence electrons. The highest BCUT2D eigenvalue weighted by Gasteiger charge is 2.33. The van der Waals surface area contributed by atoms with Crippen LogP contribution in [0.4, 0.5) is 0 Å². The minimum Gasteiger partial charge on any atom is -0.465 e. The number of ether oxygens (including phenoxy) is 2. The molecule has 1 rings (SSSR count). The van der Waals surface area contributed by atoms with E-state index in [-0.39, 0.29) is 13.2 Å². The van der Waals surface area contributed by atoms with Crippen LogP contribution in [0.3, 0.4) is 0 Å². The predicted octanol–water partition coefficient (Wildman–Crippen LogP) is 1.60. The van der Waals surface area contributed by atoms with Gasteiger partial charge in [-0.05, 0) is 32.4 Å². The van der Waals surface area contributed by atoms with Crippen LogP contribution < -0.4 is 0 Å². The fraction of sp³-hybridized carbons (Fsp3) is 0.462. The second-order valence-electron chi connectivity index (χ2n) is 3.64. The number of nitrogens with zero attached hydrogens (tertiary/aromatic N) is 1. The highest BCUT2D eigenvalue weighted by molar-refractivity contribution is 6.00. The van der Waals surface area contributed by atoms with Crippen molar-refractivity contribution in [2.24, 2.45) is 0 Å². The van der Waals surface area contributed by atoms with Crippen molar-refractivity contribution in [3.63, 3.8) is 0 Å². The van der Waals surface area contributed by atoms with Crippen LogP contribution >= 0.6 is 0 Å². The molecule has 0 aliphatic rings. The van der Waals surface area contributed by atoms with Gasteiger partial charge in [0.25, 0.3) is 0 Å². The molecule has 5 heteroatoms. The highest BCUT2D eigenvalue weighted by Crippen LogP contribution is 2.20. The summed E-state index contributed by atoms with van der Waals surface area (Å²) in [5.41, 5.74) is 1.14. The van der Waals surface area contributed by atoms with Crippen LogP contribution in [-0.2, 0) is 19.1 Å². The SMILES string of the molecule is CCOC(=O)C(C(=O)OCC)c1ncccc1C. The second-order valence-corrected chi connectivity index (χ2v) is 3.64. The Morgan fingerprint density at radius 1 is 1.22 bits per heavy atom. The van der Waals surface area contributed by atoms with Gasteiger partial charge in [-0.25, -0.2) is 0 Å². The Bertz CT molecular complexity index is 413. The summed E-state index contributed by atoms with van der Waals surface area (Å²) in [5, 5.41) is 0. The van der Waals surface area contributed by atoms with Gasteiger partial charge < -0.3 is 9.47 Å². The number of aromatic nitrogens is 1. The van der Waals surface area contributed by atoms with E-state index in [4.69, 9.17) is 9.47 Å². The van der Waals surface area contributed by atoms with E-state index in [0.29, 0.717) is 5.69 Å². The van der Waals surface area contributed by atoms with Gasteiger partial charge >= 0.3 is 11.9 Å². The van der Waals surface area contributed by atoms with E-state index in [9.17, 15) is 9.59 Å². The van der Waals surface area contributed by atoms with Crippen molar-refractivity contribution >= 4 is 11.9 Å². The summed E-state index contributed by atoms with van der Waals surface area (Å²) in [6.07, 6.45) is 1.54. The molecule has 5 nitrogen and oxygen atoms in total. The first-order valence-corrected chi connectivity index (χ1v) is 5.86. The smallest absolute Gasteiger partial charge is 0.326 e. The lowest BCUT2D eigenvalue weighted by atomic mass is 10.0. The molecule has 0 N–H and O–H groups in total. The summed E-state index contributed by atoms with van der Waals surface area (Å²) in [4.78, 5) is 27.8. The molecule has 0 amide bonds. The Hall–Kier alpha value is -1.91. The number of carbonyl (C=O) groups is 2. The van der Waals surface area contributed by atoms with E-state index in [1.54, 1.807) is 32.9 Å². The first-order valence-electron chi connectivity index (χ1n) is 5.86. The quantitative estimate of drug-likeness (QED) is 0.587. The molecule has 0 atom stereocenters. The number of rotatable bonds is 5. The number of aryl methyl sites for hydroxylation is 1. The number of pyridine rings is 1. The third-order valence-electron chi connectivity index (χ3n) is 2.37. The van der Waals surface area contributed by atoms with Crippen molar-refractivity contribution in [3.8, 4) is 0 Å². The number of hydrogen-bond donors (Lipinski definition) is 0. The Balaban J connectivity index is 3.08. The minimum atomic E-state index is -1.11. The Morgan fingerprint density at radius 3 is 2.22 bits per heavy atom. The van der Waals surface area contributed by atoms with Gasteiger partial charge in [-0.2, -0.15) is 0 Å². The van der Waals surface area contributed by atoms with E-state index < -0.39 is 17.9 Å². The summed E-state index contributed by atoms with van der Waals surface area (Å²) in [6.45, 7) is 5.58. The molecule has 0 radical (unpaired) electrons. The van der Waals surface area contributed by atoms with Crippen molar-refractivity contribution < 1.29 is 19.1 Å². The molecule has 0 aliphatic heterocycles. The average Bonchev–Trinajstić information content (AvgIpc) is 2.33. The fourth-order valence-electron chi connectivity index (χ4n) is 1.57. The number of esters is 2. The van der Waals surface area contributed by atoms with E-state index in [1.165, 1.54) is 6.20 Å². The molecule has 1 aromatic rings. The Morgan fingerprint density at radius 2 is 1.78 bits per heavy atom. The maximum atomic E-state index is 11.8. The van der Waals surface area contributed by atoms with E-state index >= 15 is 0 Å². The van der Waals surface area contributed by atoms with Gasteiger partial charge in [0.1, 0.15) is 0 Å². The van der Waals surface area contributed by atoms with Crippen molar-refractivity contribution in [2.45, 2.75) is 26.7 Å². The van der Waals surface area contributed by atoms with Crippen molar-refractivity contribution in [3.05, 3.63) is 29.6 Å². The van der Waals surface area contributed by atoms with Gasteiger partial charge in [0.2, 0.25) is 0 Å². The molecule has 1 heterocycles. The maximum Gasteiger partial charge on any atom is 0.326 e.